The van der Waals surface area contributed by atoms with Crippen molar-refractivity contribution in [2.75, 3.05) is 0 Å². The summed E-state index contributed by atoms with van der Waals surface area (Å²) in [6, 6.07) is 39.3. The van der Waals surface area contributed by atoms with E-state index < -0.39 is 133 Å². The highest BCUT2D eigenvalue weighted by Gasteiger charge is 2.48. The van der Waals surface area contributed by atoms with Gasteiger partial charge in [-0.25, -0.2) is 16.8 Å². The van der Waals surface area contributed by atoms with E-state index in [1.54, 1.807) is 109 Å². The van der Waals surface area contributed by atoms with Crippen molar-refractivity contribution in [2.45, 2.75) is 175 Å². The van der Waals surface area contributed by atoms with E-state index in [0.717, 1.165) is 71.8 Å². The predicted octanol–water partition coefficient (Wildman–Crippen LogP) is 15.1. The van der Waals surface area contributed by atoms with Gasteiger partial charge in [0.25, 0.3) is 40.5 Å². The van der Waals surface area contributed by atoms with Gasteiger partial charge in [0, 0.05) is 10.8 Å². The fraction of sp³-hybridized carbons (Fsp3) is 0.304. The molecule has 0 saturated heterocycles. The molecule has 26 heteroatoms. The van der Waals surface area contributed by atoms with E-state index in [1.807, 2.05) is 58.9 Å². The summed E-state index contributed by atoms with van der Waals surface area (Å²) in [5.41, 5.74) is -0.892. The van der Waals surface area contributed by atoms with Crippen LogP contribution in [0.4, 0.5) is 0 Å². The lowest BCUT2D eigenvalue weighted by atomic mass is 9.66. The normalized spacial score (nSPS) is 14.3. The van der Waals surface area contributed by atoms with E-state index in [0.29, 0.717) is 35.4 Å². The SMILES string of the molecule is CCC(C)(C)Oc1ccc(C(C)(C)c2ccc(Oc3ccc(S(=O)(=O)c4ccc(C(C)(CC)C(C)(CC)Oc5ccc(-c6ccc(Oc7ccc(S(=O)(=O)c8ccc(C(C)(C)CC)c(S(=O)(=O)O)c8)cc7S(=O)(=O)O)cc6)cc5)c(S(=O)(=O)O)c4)cc3S(=O)(=O)O)cc2)cc1. The first-order chi connectivity index (χ1) is 43.8. The van der Waals surface area contributed by atoms with Crippen molar-refractivity contribution in [3.63, 3.8) is 0 Å². The maximum atomic E-state index is 14.4. The third-order valence-electron chi connectivity index (χ3n) is 18.1. The number of ether oxygens (including phenoxy) is 4. The molecule has 4 N–H and O–H groups in total. The lowest BCUT2D eigenvalue weighted by Crippen LogP contribution is -2.51. The van der Waals surface area contributed by atoms with Crippen LogP contribution in [-0.4, -0.2) is 79.9 Å². The molecular weight excluding hydrogens is 1340 g/mol. The Labute approximate surface area is 557 Å². The molecule has 2 atom stereocenters. The highest BCUT2D eigenvalue weighted by molar-refractivity contribution is 7.92. The van der Waals surface area contributed by atoms with Gasteiger partial charge in [0.15, 0.2) is 0 Å². The van der Waals surface area contributed by atoms with Crippen LogP contribution in [0.25, 0.3) is 11.1 Å². The predicted molar refractivity (Wildman–Crippen MR) is 358 cm³/mol. The maximum absolute atomic E-state index is 14.4. The Morgan fingerprint density at radius 1 is 0.337 bits per heavy atom. The third-order valence-corrected chi connectivity index (χ3v) is 25.1. The Morgan fingerprint density at radius 3 is 1.02 bits per heavy atom. The summed E-state index contributed by atoms with van der Waals surface area (Å²) >= 11 is 0. The summed E-state index contributed by atoms with van der Waals surface area (Å²) in [4.78, 5) is -5.71. The smallest absolute Gasteiger partial charge is 0.298 e. The van der Waals surface area contributed by atoms with Gasteiger partial charge in [0.05, 0.1) is 29.4 Å². The van der Waals surface area contributed by atoms with Crippen LogP contribution in [0.2, 0.25) is 0 Å². The van der Waals surface area contributed by atoms with Crippen LogP contribution in [-0.2, 0) is 76.4 Å². The molecule has 0 aliphatic heterocycles. The fourth-order valence-corrected chi connectivity index (χ4v) is 16.9. The monoisotopic (exact) mass is 1420 g/mol. The zero-order valence-electron chi connectivity index (χ0n) is 54.3. The van der Waals surface area contributed by atoms with Crippen molar-refractivity contribution in [2.24, 2.45) is 0 Å². The molecule has 0 radical (unpaired) electrons. The largest absolute Gasteiger partial charge is 0.488 e. The Kier molecular flexibility index (Phi) is 20.4. The minimum atomic E-state index is -5.21. The molecule has 20 nitrogen and oxygen atoms in total. The molecule has 0 bridgehead atoms. The molecule has 0 aliphatic carbocycles. The number of hydrogen-bond donors (Lipinski definition) is 4. The van der Waals surface area contributed by atoms with E-state index in [4.69, 9.17) is 18.9 Å². The summed E-state index contributed by atoms with van der Waals surface area (Å²) in [6.07, 6.45) is 1.67. The first-order valence-electron chi connectivity index (χ1n) is 30.0. The van der Waals surface area contributed by atoms with Gasteiger partial charge in [0.2, 0.25) is 19.7 Å². The zero-order chi connectivity index (χ0) is 70.5. The molecule has 0 amide bonds. The average Bonchev–Trinajstić information content (AvgIpc) is 0.743. The Hall–Kier alpha value is -7.50. The average molecular weight is 1420 g/mol. The number of benzene rings is 8. The van der Waals surface area contributed by atoms with Gasteiger partial charge in [-0.05, 0) is 194 Å². The second kappa shape index (κ2) is 26.5. The number of sulfone groups is 2. The van der Waals surface area contributed by atoms with Gasteiger partial charge >= 0.3 is 0 Å². The Balaban J connectivity index is 1.00. The summed E-state index contributed by atoms with van der Waals surface area (Å²) in [5, 5.41) is 0. The van der Waals surface area contributed by atoms with E-state index in [2.05, 4.69) is 0 Å². The molecule has 2 unspecified atom stereocenters. The minimum Gasteiger partial charge on any atom is -0.488 e. The molecule has 95 heavy (non-hydrogen) atoms. The van der Waals surface area contributed by atoms with Crippen LogP contribution in [0.5, 0.6) is 34.5 Å². The quantitative estimate of drug-likeness (QED) is 0.0366. The molecule has 8 aromatic carbocycles. The molecule has 0 aliphatic rings. The van der Waals surface area contributed by atoms with Crippen LogP contribution < -0.4 is 18.9 Å². The van der Waals surface area contributed by atoms with E-state index in [1.165, 1.54) is 24.3 Å². The molecule has 0 spiro atoms. The van der Waals surface area contributed by atoms with Crippen LogP contribution >= 0.6 is 0 Å². The Bertz CT molecular complexity index is 4940. The zero-order valence-corrected chi connectivity index (χ0v) is 59.2. The molecule has 8 aromatic rings. The highest BCUT2D eigenvalue weighted by Crippen LogP contribution is 2.47. The van der Waals surface area contributed by atoms with Crippen molar-refractivity contribution in [1.29, 1.82) is 0 Å². The topological polar surface area (TPSA) is 323 Å². The molecule has 0 aromatic heterocycles. The van der Waals surface area contributed by atoms with Crippen LogP contribution in [0.1, 0.15) is 131 Å². The number of hydrogen-bond acceptors (Lipinski definition) is 16. The van der Waals surface area contributed by atoms with Gasteiger partial charge in [-0.15, -0.1) is 0 Å². The van der Waals surface area contributed by atoms with Gasteiger partial charge in [-0.3, -0.25) is 18.2 Å². The van der Waals surface area contributed by atoms with Crippen LogP contribution in [0.15, 0.2) is 209 Å². The standard InChI is InChI=1S/C69H76O20S6/c1-13-65(5,6)57-37-33-53(41-61(57)92(74,75)76)90(70,71)55-35-39-59(63(43-55)94(80,81)82)86-49-25-17-45(18-26-49)46-19-27-52(28-20-46)89-69(12,16-4)68(11,15-3)58-38-34-54(42-62(58)93(77,78)79)91(72,73)56-36-40-60(64(44-56)95(83,84)85)87-50-29-21-47(22-30-50)67(9,10)48-23-31-51(32-24-48)88-66(7,8)14-2/h17-44H,13-16H2,1-12H3,(H,74,75,76)(H,77,78,79)(H,80,81,82)(H,83,84,85). The highest BCUT2D eigenvalue weighted by atomic mass is 32.2. The first-order valence-corrected chi connectivity index (χ1v) is 38.7. The van der Waals surface area contributed by atoms with Crippen molar-refractivity contribution >= 4 is 60.1 Å². The minimum absolute atomic E-state index is 0.000589. The summed E-state index contributed by atoms with van der Waals surface area (Å²) in [5.74, 6) is 0.424. The maximum Gasteiger partial charge on any atom is 0.298 e. The van der Waals surface area contributed by atoms with E-state index in [9.17, 15) is 68.7 Å². The van der Waals surface area contributed by atoms with E-state index >= 15 is 0 Å². The number of rotatable bonds is 26. The summed E-state index contributed by atoms with van der Waals surface area (Å²) in [6.45, 7) is 22.3. The van der Waals surface area contributed by atoms with Gasteiger partial charge in [-0.1, -0.05) is 123 Å². The van der Waals surface area contributed by atoms with Crippen molar-refractivity contribution in [3.8, 4) is 45.6 Å². The Morgan fingerprint density at radius 2 is 0.663 bits per heavy atom. The summed E-state index contributed by atoms with van der Waals surface area (Å²) < 4.78 is 226. The lowest BCUT2D eigenvalue weighted by Gasteiger charge is -2.46. The molecule has 8 rings (SSSR count). The third kappa shape index (κ3) is 15.5. The lowest BCUT2D eigenvalue weighted by molar-refractivity contribution is 0.00171. The van der Waals surface area contributed by atoms with Crippen molar-refractivity contribution < 1.29 is 87.7 Å². The molecule has 0 saturated carbocycles. The molecular formula is C69H76O20S6. The van der Waals surface area contributed by atoms with Crippen LogP contribution in [0, 0.1) is 0 Å². The second-order valence-corrected chi connectivity index (χ2v) is 34.7. The van der Waals surface area contributed by atoms with E-state index in [-0.39, 0.29) is 41.1 Å². The van der Waals surface area contributed by atoms with Crippen LogP contribution in [0.3, 0.4) is 0 Å². The second-order valence-electron chi connectivity index (χ2n) is 25.2. The van der Waals surface area contributed by atoms with Crippen molar-refractivity contribution in [3.05, 3.63) is 192 Å². The summed E-state index contributed by atoms with van der Waals surface area (Å²) in [7, 11) is -29.9. The molecule has 508 valence electrons. The molecule has 0 fully saturated rings. The van der Waals surface area contributed by atoms with Gasteiger partial charge < -0.3 is 18.9 Å². The fourth-order valence-electron chi connectivity index (χ4n) is 10.9. The van der Waals surface area contributed by atoms with Crippen molar-refractivity contribution in [1.82, 2.24) is 0 Å². The van der Waals surface area contributed by atoms with Gasteiger partial charge in [-0.2, -0.15) is 33.7 Å². The molecule has 0 heterocycles. The van der Waals surface area contributed by atoms with Gasteiger partial charge in [0.1, 0.15) is 55.5 Å². The first kappa shape index (κ1) is 73.3.